The molecule has 0 saturated heterocycles. The van der Waals surface area contributed by atoms with E-state index in [9.17, 15) is 13.2 Å². The van der Waals surface area contributed by atoms with Gasteiger partial charge in [0.15, 0.2) is 0 Å². The Morgan fingerprint density at radius 2 is 1.81 bits per heavy atom. The molecule has 2 N–H and O–H groups in total. The topological polar surface area (TPSA) is 84.5 Å². The van der Waals surface area contributed by atoms with E-state index < -0.39 is 10.0 Å². The number of benzene rings is 2. The lowest BCUT2D eigenvalue weighted by Crippen LogP contribution is -2.27. The molecule has 2 rings (SSSR count). The van der Waals surface area contributed by atoms with E-state index in [2.05, 4.69) is 26.0 Å². The number of hydrogen-bond donors (Lipinski definition) is 2. The van der Waals surface area contributed by atoms with Gasteiger partial charge >= 0.3 is 0 Å². The first-order valence-electron chi connectivity index (χ1n) is 8.17. The average molecular weight is 441 g/mol. The highest BCUT2D eigenvalue weighted by Gasteiger charge is 2.18. The van der Waals surface area contributed by atoms with Gasteiger partial charge in [-0.2, -0.15) is 0 Å². The van der Waals surface area contributed by atoms with Crippen LogP contribution in [0.15, 0.2) is 57.9 Å². The van der Waals surface area contributed by atoms with Gasteiger partial charge in [-0.25, -0.2) is 8.42 Å². The summed E-state index contributed by atoms with van der Waals surface area (Å²) in [6.07, 6.45) is 0.687. The summed E-state index contributed by atoms with van der Waals surface area (Å²) in [6.45, 7) is 3.56. The van der Waals surface area contributed by atoms with Gasteiger partial charge in [0, 0.05) is 24.2 Å². The molecule has 26 heavy (non-hydrogen) atoms. The highest BCUT2D eigenvalue weighted by atomic mass is 79.9. The minimum Gasteiger partial charge on any atom is -0.382 e. The molecule has 0 unspecified atom stereocenters. The van der Waals surface area contributed by atoms with Crippen molar-refractivity contribution >= 4 is 37.5 Å². The highest BCUT2D eigenvalue weighted by molar-refractivity contribution is 9.10. The van der Waals surface area contributed by atoms with Gasteiger partial charge in [-0.3, -0.25) is 9.52 Å². The monoisotopic (exact) mass is 440 g/mol. The van der Waals surface area contributed by atoms with E-state index in [4.69, 9.17) is 4.74 Å². The number of ether oxygens (including phenoxy) is 1. The van der Waals surface area contributed by atoms with E-state index >= 15 is 0 Å². The number of halogens is 1. The fourth-order valence-corrected chi connectivity index (χ4v) is 3.55. The first-order chi connectivity index (χ1) is 12.4. The van der Waals surface area contributed by atoms with Gasteiger partial charge in [0.05, 0.1) is 16.1 Å². The Balaban J connectivity index is 2.10. The standard InChI is InChI=1S/C18H21BrN2O4S/c1-2-25-13-5-12-20-18(22)16-6-3-4-7-17(16)21-26(23,24)15-10-8-14(19)9-11-15/h3-4,6-11,21H,2,5,12-13H2,1H3,(H,20,22). The lowest BCUT2D eigenvalue weighted by Gasteiger charge is -2.13. The SMILES string of the molecule is CCOCCCNC(=O)c1ccccc1NS(=O)(=O)c1ccc(Br)cc1. The molecule has 0 heterocycles. The normalized spacial score (nSPS) is 11.2. The van der Waals surface area contributed by atoms with Crippen molar-refractivity contribution in [1.29, 1.82) is 0 Å². The zero-order valence-electron chi connectivity index (χ0n) is 14.4. The maximum absolute atomic E-state index is 12.5. The molecule has 0 saturated carbocycles. The first kappa shape index (κ1) is 20.4. The van der Waals surface area contributed by atoms with Crippen molar-refractivity contribution in [3.63, 3.8) is 0 Å². The Kier molecular flexibility index (Phi) is 7.62. The molecule has 0 radical (unpaired) electrons. The number of hydrogen-bond acceptors (Lipinski definition) is 4. The second-order valence-electron chi connectivity index (χ2n) is 5.41. The molecule has 6 nitrogen and oxygen atoms in total. The molecule has 0 aromatic heterocycles. The van der Waals surface area contributed by atoms with Crippen LogP contribution in [0, 0.1) is 0 Å². The van der Waals surface area contributed by atoms with Crippen LogP contribution in [0.2, 0.25) is 0 Å². The zero-order chi connectivity index (χ0) is 19.0. The van der Waals surface area contributed by atoms with Crippen LogP contribution >= 0.6 is 15.9 Å². The quantitative estimate of drug-likeness (QED) is 0.585. The Labute approximate surface area is 162 Å². The van der Waals surface area contributed by atoms with E-state index in [1.165, 1.54) is 12.1 Å². The minimum atomic E-state index is -3.79. The number of amides is 1. The summed E-state index contributed by atoms with van der Waals surface area (Å²) in [7, 11) is -3.79. The van der Waals surface area contributed by atoms with E-state index in [1.807, 2.05) is 6.92 Å². The number of rotatable bonds is 9. The molecule has 0 aliphatic carbocycles. The molecular weight excluding hydrogens is 420 g/mol. The summed E-state index contributed by atoms with van der Waals surface area (Å²) >= 11 is 3.27. The van der Waals surface area contributed by atoms with Crippen LogP contribution in [0.25, 0.3) is 0 Å². The molecule has 1 amide bonds. The third-order valence-corrected chi connectivity index (χ3v) is 5.41. The number of nitrogens with one attached hydrogen (secondary N) is 2. The number of para-hydroxylation sites is 1. The smallest absolute Gasteiger partial charge is 0.261 e. The number of carbonyl (C=O) groups is 1. The van der Waals surface area contributed by atoms with Gasteiger partial charge in [0.1, 0.15) is 0 Å². The van der Waals surface area contributed by atoms with Crippen molar-refractivity contribution in [3.8, 4) is 0 Å². The van der Waals surface area contributed by atoms with Gasteiger partial charge in [0.2, 0.25) is 0 Å². The molecule has 8 heteroatoms. The third kappa shape index (κ3) is 5.82. The molecule has 140 valence electrons. The number of carbonyl (C=O) groups excluding carboxylic acids is 1. The maximum atomic E-state index is 12.5. The second-order valence-corrected chi connectivity index (χ2v) is 8.01. The minimum absolute atomic E-state index is 0.118. The molecule has 0 spiro atoms. The lowest BCUT2D eigenvalue weighted by molar-refractivity contribution is 0.0945. The van der Waals surface area contributed by atoms with Gasteiger partial charge in [-0.05, 0) is 49.7 Å². The van der Waals surface area contributed by atoms with E-state index in [-0.39, 0.29) is 22.1 Å². The maximum Gasteiger partial charge on any atom is 0.261 e. The Bertz CT molecular complexity index is 839. The Morgan fingerprint density at radius 1 is 1.12 bits per heavy atom. The fourth-order valence-electron chi connectivity index (χ4n) is 2.20. The van der Waals surface area contributed by atoms with Crippen LogP contribution < -0.4 is 10.0 Å². The molecule has 0 aliphatic rings. The fraction of sp³-hybridized carbons (Fsp3) is 0.278. The van der Waals surface area contributed by atoms with E-state index in [0.717, 1.165) is 4.47 Å². The molecule has 0 fully saturated rings. The van der Waals surface area contributed by atoms with Crippen molar-refractivity contribution in [2.75, 3.05) is 24.5 Å². The van der Waals surface area contributed by atoms with Crippen molar-refractivity contribution in [2.45, 2.75) is 18.2 Å². The number of anilines is 1. The number of sulfonamides is 1. The summed E-state index contributed by atoms with van der Waals surface area (Å²) in [5, 5.41) is 2.77. The van der Waals surface area contributed by atoms with E-state index in [1.54, 1.807) is 36.4 Å². The average Bonchev–Trinajstić information content (AvgIpc) is 2.62. The molecule has 0 aliphatic heterocycles. The van der Waals surface area contributed by atoms with Crippen molar-refractivity contribution in [3.05, 3.63) is 58.6 Å². The van der Waals surface area contributed by atoms with Crippen molar-refractivity contribution in [1.82, 2.24) is 5.32 Å². The predicted molar refractivity (Wildman–Crippen MR) is 105 cm³/mol. The van der Waals surface area contributed by atoms with Crippen molar-refractivity contribution < 1.29 is 17.9 Å². The molecule has 0 atom stereocenters. The Hall–Kier alpha value is -1.90. The van der Waals surface area contributed by atoms with Gasteiger partial charge in [-0.1, -0.05) is 28.1 Å². The van der Waals surface area contributed by atoms with Crippen LogP contribution in [0.3, 0.4) is 0 Å². The summed E-state index contributed by atoms with van der Waals surface area (Å²) in [5.74, 6) is -0.337. The van der Waals surface area contributed by atoms with Gasteiger partial charge < -0.3 is 10.1 Å². The molecule has 0 bridgehead atoms. The third-order valence-electron chi connectivity index (χ3n) is 3.50. The van der Waals surface area contributed by atoms with Crippen LogP contribution in [0.5, 0.6) is 0 Å². The summed E-state index contributed by atoms with van der Waals surface area (Å²) < 4.78 is 33.6. The summed E-state index contributed by atoms with van der Waals surface area (Å²) in [4.78, 5) is 12.5. The molecule has 2 aromatic rings. The summed E-state index contributed by atoms with van der Waals surface area (Å²) in [6, 6.07) is 12.8. The van der Waals surface area contributed by atoms with Crippen LogP contribution in [-0.2, 0) is 14.8 Å². The molecular formula is C18H21BrN2O4S. The lowest BCUT2D eigenvalue weighted by atomic mass is 10.1. The first-order valence-corrected chi connectivity index (χ1v) is 10.4. The largest absolute Gasteiger partial charge is 0.382 e. The van der Waals surface area contributed by atoms with Gasteiger partial charge in [-0.15, -0.1) is 0 Å². The second kappa shape index (κ2) is 9.70. The zero-order valence-corrected chi connectivity index (χ0v) is 16.8. The van der Waals surface area contributed by atoms with Crippen molar-refractivity contribution in [2.24, 2.45) is 0 Å². The van der Waals surface area contributed by atoms with Crippen LogP contribution in [0.4, 0.5) is 5.69 Å². The highest BCUT2D eigenvalue weighted by Crippen LogP contribution is 2.21. The molecule has 2 aromatic carbocycles. The Morgan fingerprint density at radius 3 is 2.50 bits per heavy atom. The van der Waals surface area contributed by atoms with Gasteiger partial charge in [0.25, 0.3) is 15.9 Å². The van der Waals surface area contributed by atoms with Crippen LogP contribution in [-0.4, -0.2) is 34.1 Å². The van der Waals surface area contributed by atoms with E-state index in [0.29, 0.717) is 26.2 Å². The summed E-state index contributed by atoms with van der Waals surface area (Å²) in [5.41, 5.74) is 0.502. The predicted octanol–water partition coefficient (Wildman–Crippen LogP) is 3.41. The van der Waals surface area contributed by atoms with Crippen LogP contribution in [0.1, 0.15) is 23.7 Å².